The number of benzene rings is 2. The van der Waals surface area contributed by atoms with Gasteiger partial charge in [0.25, 0.3) is 11.8 Å². The van der Waals surface area contributed by atoms with Crippen LogP contribution in [0.15, 0.2) is 54.6 Å². The van der Waals surface area contributed by atoms with Crippen molar-refractivity contribution in [2.24, 2.45) is 0 Å². The molecule has 1 unspecified atom stereocenters. The molecule has 158 valence electrons. The number of aliphatic hydroxyl groups excluding tert-OH is 1. The molecule has 2 aromatic rings. The number of carbonyl (C=O) groups is 3. The van der Waals surface area contributed by atoms with Gasteiger partial charge in [-0.3, -0.25) is 24.6 Å². The standard InChI is InChI=1S/C22H24N2O6/c1-15(22(28)30-14-16-7-3-2-4-8-16)23-13-19(25)29-12-11-24-20(26)17-9-5-6-10-18(17)21(24)27/h2-10,15,19,23,25H,11-14H2,1H3/t15-,19?/m1/s1. The van der Waals surface area contributed by atoms with Gasteiger partial charge in [-0.25, -0.2) is 0 Å². The van der Waals surface area contributed by atoms with Gasteiger partial charge in [-0.1, -0.05) is 42.5 Å². The van der Waals surface area contributed by atoms with Crippen LogP contribution in [0.4, 0.5) is 0 Å². The van der Waals surface area contributed by atoms with Crippen molar-refractivity contribution in [2.75, 3.05) is 19.7 Å². The van der Waals surface area contributed by atoms with E-state index in [2.05, 4.69) is 5.32 Å². The maximum Gasteiger partial charge on any atom is 0.323 e. The third kappa shape index (κ3) is 5.29. The second-order valence-electron chi connectivity index (χ2n) is 6.86. The van der Waals surface area contributed by atoms with Crippen molar-refractivity contribution in [1.82, 2.24) is 10.2 Å². The van der Waals surface area contributed by atoms with Gasteiger partial charge in [0, 0.05) is 6.54 Å². The minimum Gasteiger partial charge on any atom is -0.460 e. The first-order valence-electron chi connectivity index (χ1n) is 9.66. The largest absolute Gasteiger partial charge is 0.460 e. The lowest BCUT2D eigenvalue weighted by molar-refractivity contribution is -0.148. The predicted octanol–water partition coefficient (Wildman–Crippen LogP) is 1.34. The van der Waals surface area contributed by atoms with Crippen molar-refractivity contribution in [3.63, 3.8) is 0 Å². The van der Waals surface area contributed by atoms with Crippen molar-refractivity contribution in [3.05, 3.63) is 71.3 Å². The zero-order valence-electron chi connectivity index (χ0n) is 16.6. The smallest absolute Gasteiger partial charge is 0.323 e. The third-order valence-corrected chi connectivity index (χ3v) is 4.68. The molecule has 0 radical (unpaired) electrons. The Kier molecular flexibility index (Phi) is 7.29. The molecular formula is C22H24N2O6. The molecule has 0 aliphatic carbocycles. The zero-order chi connectivity index (χ0) is 21.5. The number of nitrogens with one attached hydrogen (secondary N) is 1. The van der Waals surface area contributed by atoms with Crippen molar-refractivity contribution in [1.29, 1.82) is 0 Å². The molecule has 3 rings (SSSR count). The Morgan fingerprint density at radius 3 is 2.27 bits per heavy atom. The highest BCUT2D eigenvalue weighted by Crippen LogP contribution is 2.21. The van der Waals surface area contributed by atoms with Gasteiger partial charge in [0.1, 0.15) is 12.6 Å². The molecule has 0 bridgehead atoms. The van der Waals surface area contributed by atoms with Gasteiger partial charge >= 0.3 is 5.97 Å². The summed E-state index contributed by atoms with van der Waals surface area (Å²) in [5.74, 6) is -1.19. The number of rotatable bonds is 10. The number of esters is 1. The van der Waals surface area contributed by atoms with Crippen LogP contribution >= 0.6 is 0 Å². The molecule has 2 N–H and O–H groups in total. The molecule has 2 amide bonds. The summed E-state index contributed by atoms with van der Waals surface area (Å²) in [6.45, 7) is 1.78. The number of imide groups is 1. The van der Waals surface area contributed by atoms with Crippen LogP contribution in [0.5, 0.6) is 0 Å². The summed E-state index contributed by atoms with van der Waals surface area (Å²) in [5.41, 5.74) is 1.62. The van der Waals surface area contributed by atoms with Crippen molar-refractivity contribution < 1.29 is 29.0 Å². The van der Waals surface area contributed by atoms with Crippen molar-refractivity contribution in [3.8, 4) is 0 Å². The molecule has 0 spiro atoms. The summed E-state index contributed by atoms with van der Waals surface area (Å²) in [5, 5.41) is 12.8. The number of hydrogen-bond acceptors (Lipinski definition) is 7. The van der Waals surface area contributed by atoms with Crippen LogP contribution < -0.4 is 5.32 Å². The molecule has 2 atom stereocenters. The first kappa shape index (κ1) is 21.6. The maximum absolute atomic E-state index is 12.3. The number of carbonyl (C=O) groups excluding carboxylic acids is 3. The van der Waals surface area contributed by atoms with Crippen LogP contribution in [0.25, 0.3) is 0 Å². The average molecular weight is 412 g/mol. The number of nitrogens with zero attached hydrogens (tertiary/aromatic N) is 1. The second kappa shape index (κ2) is 10.1. The minimum absolute atomic E-state index is 0.0102. The highest BCUT2D eigenvalue weighted by molar-refractivity contribution is 6.21. The van der Waals surface area contributed by atoms with Crippen LogP contribution in [-0.2, 0) is 20.9 Å². The third-order valence-electron chi connectivity index (χ3n) is 4.68. The first-order chi connectivity index (χ1) is 14.5. The Balaban J connectivity index is 1.35. The van der Waals surface area contributed by atoms with E-state index in [0.29, 0.717) is 11.1 Å². The van der Waals surface area contributed by atoms with Gasteiger partial charge in [0.15, 0.2) is 6.29 Å². The Bertz CT molecular complexity index is 867. The van der Waals surface area contributed by atoms with E-state index in [9.17, 15) is 19.5 Å². The van der Waals surface area contributed by atoms with Gasteiger partial charge in [-0.15, -0.1) is 0 Å². The van der Waals surface area contributed by atoms with E-state index in [-0.39, 0.29) is 38.1 Å². The van der Waals surface area contributed by atoms with Crippen LogP contribution in [0.2, 0.25) is 0 Å². The molecule has 0 saturated carbocycles. The molecular weight excluding hydrogens is 388 g/mol. The topological polar surface area (TPSA) is 105 Å². The van der Waals surface area contributed by atoms with Crippen molar-refractivity contribution in [2.45, 2.75) is 25.9 Å². The number of fused-ring (bicyclic) bond motifs is 1. The van der Waals surface area contributed by atoms with Crippen LogP contribution in [0.1, 0.15) is 33.2 Å². The lowest BCUT2D eigenvalue weighted by Crippen LogP contribution is -2.41. The fourth-order valence-electron chi connectivity index (χ4n) is 3.00. The Morgan fingerprint density at radius 1 is 1.03 bits per heavy atom. The lowest BCUT2D eigenvalue weighted by Gasteiger charge is -2.18. The number of aliphatic hydroxyl groups is 1. The van der Waals surface area contributed by atoms with Gasteiger partial charge in [0.05, 0.1) is 24.3 Å². The molecule has 1 aliphatic rings. The van der Waals surface area contributed by atoms with Crippen LogP contribution in [0.3, 0.4) is 0 Å². The van der Waals surface area contributed by atoms with Gasteiger partial charge in [0.2, 0.25) is 0 Å². The summed E-state index contributed by atoms with van der Waals surface area (Å²) in [7, 11) is 0. The summed E-state index contributed by atoms with van der Waals surface area (Å²) in [6.07, 6.45) is -1.20. The lowest BCUT2D eigenvalue weighted by atomic mass is 10.1. The minimum atomic E-state index is -1.20. The molecule has 30 heavy (non-hydrogen) atoms. The molecule has 0 fully saturated rings. The quantitative estimate of drug-likeness (QED) is 0.345. The Hall–Kier alpha value is -3.07. The number of amides is 2. The van der Waals surface area contributed by atoms with Crippen LogP contribution in [-0.4, -0.2) is 59.8 Å². The molecule has 8 heteroatoms. The van der Waals surface area contributed by atoms with E-state index in [1.54, 1.807) is 31.2 Å². The van der Waals surface area contributed by atoms with E-state index < -0.39 is 18.3 Å². The van der Waals surface area contributed by atoms with Gasteiger partial charge in [-0.2, -0.15) is 0 Å². The van der Waals surface area contributed by atoms with Crippen molar-refractivity contribution >= 4 is 17.8 Å². The van der Waals surface area contributed by atoms with E-state index in [4.69, 9.17) is 9.47 Å². The summed E-state index contributed by atoms with van der Waals surface area (Å²) < 4.78 is 10.5. The SMILES string of the molecule is C[C@@H](NCC(O)OCCN1C(=O)c2ccccc2C1=O)C(=O)OCc1ccccc1. The van der Waals surface area contributed by atoms with E-state index in [1.165, 1.54) is 0 Å². The summed E-state index contributed by atoms with van der Waals surface area (Å²) in [4.78, 5) is 37.6. The average Bonchev–Trinajstić information content (AvgIpc) is 3.01. The Morgan fingerprint density at radius 2 is 1.63 bits per heavy atom. The predicted molar refractivity (Wildman–Crippen MR) is 107 cm³/mol. The monoisotopic (exact) mass is 412 g/mol. The van der Waals surface area contributed by atoms with E-state index in [1.807, 2.05) is 30.3 Å². The number of hydrogen-bond donors (Lipinski definition) is 2. The highest BCUT2D eigenvalue weighted by atomic mass is 16.6. The van der Waals surface area contributed by atoms with Crippen LogP contribution in [0, 0.1) is 0 Å². The molecule has 8 nitrogen and oxygen atoms in total. The molecule has 1 aliphatic heterocycles. The molecule has 1 heterocycles. The highest BCUT2D eigenvalue weighted by Gasteiger charge is 2.34. The maximum atomic E-state index is 12.3. The zero-order valence-corrected chi connectivity index (χ0v) is 16.6. The fourth-order valence-corrected chi connectivity index (χ4v) is 3.00. The summed E-state index contributed by atoms with van der Waals surface area (Å²) in [6, 6.07) is 15.3. The normalized spacial score (nSPS) is 15.1. The second-order valence-corrected chi connectivity index (χ2v) is 6.86. The van der Waals surface area contributed by atoms with E-state index >= 15 is 0 Å². The fraction of sp³-hybridized carbons (Fsp3) is 0.318. The number of ether oxygens (including phenoxy) is 2. The van der Waals surface area contributed by atoms with Gasteiger partial charge in [-0.05, 0) is 24.6 Å². The Labute approximate surface area is 174 Å². The van der Waals surface area contributed by atoms with Gasteiger partial charge < -0.3 is 14.6 Å². The molecule has 0 saturated heterocycles. The summed E-state index contributed by atoms with van der Waals surface area (Å²) >= 11 is 0. The van der Waals surface area contributed by atoms with E-state index in [0.717, 1.165) is 10.5 Å². The molecule has 2 aromatic carbocycles. The molecule has 0 aromatic heterocycles. The first-order valence-corrected chi connectivity index (χ1v) is 9.66.